The number of carbonyl (C=O) groups is 1. The number of nitrogens with zero attached hydrogens (tertiary/aromatic N) is 1. The summed E-state index contributed by atoms with van der Waals surface area (Å²) in [5.41, 5.74) is 0. The molecule has 0 spiro atoms. The zero-order chi connectivity index (χ0) is 21.1. The molecule has 146 valence electrons. The molecule has 0 saturated carbocycles. The highest BCUT2D eigenvalue weighted by molar-refractivity contribution is 7.96. The number of carbonyl (C=O) groups excluding carboxylic acids is 1. The zero-order valence-electron chi connectivity index (χ0n) is 14.3. The van der Waals surface area contributed by atoms with Gasteiger partial charge in [0.2, 0.25) is 9.84 Å². The van der Waals surface area contributed by atoms with Crippen molar-refractivity contribution in [3.8, 4) is 6.07 Å². The van der Waals surface area contributed by atoms with Crippen molar-refractivity contribution in [2.45, 2.75) is 22.0 Å². The van der Waals surface area contributed by atoms with E-state index >= 15 is 0 Å². The zero-order valence-corrected chi connectivity index (χ0v) is 17.5. The van der Waals surface area contributed by atoms with Crippen molar-refractivity contribution in [3.05, 3.63) is 69.6 Å². The number of rotatable bonds is 6. The van der Waals surface area contributed by atoms with Gasteiger partial charge in [-0.25, -0.2) is 16.8 Å². The first kappa shape index (κ1) is 22.1. The van der Waals surface area contributed by atoms with Crippen molar-refractivity contribution in [2.24, 2.45) is 0 Å². The van der Waals surface area contributed by atoms with Crippen LogP contribution in [0, 0.1) is 11.3 Å². The Labute approximate surface area is 172 Å². The highest BCUT2D eigenvalue weighted by Gasteiger charge is 2.33. The molecule has 0 bridgehead atoms. The smallest absolute Gasteiger partial charge is 0.216 e. The number of sulfone groups is 2. The predicted molar refractivity (Wildman–Crippen MR) is 105 cm³/mol. The fourth-order valence-electron chi connectivity index (χ4n) is 2.26. The van der Waals surface area contributed by atoms with Gasteiger partial charge in [0.05, 0.1) is 9.79 Å². The Balaban J connectivity index is 2.60. The predicted octanol–water partition coefficient (Wildman–Crippen LogP) is 3.61. The summed E-state index contributed by atoms with van der Waals surface area (Å²) in [7, 11) is -8.63. The van der Waals surface area contributed by atoms with Crippen LogP contribution in [0.5, 0.6) is 0 Å². The first-order valence-electron chi connectivity index (χ1n) is 7.62. The lowest BCUT2D eigenvalue weighted by molar-refractivity contribution is -0.115. The summed E-state index contributed by atoms with van der Waals surface area (Å²) in [5.74, 6) is -0.839. The maximum Gasteiger partial charge on any atom is 0.216 e. The maximum atomic E-state index is 12.8. The number of benzene rings is 2. The van der Waals surface area contributed by atoms with Crippen molar-refractivity contribution >= 4 is 48.7 Å². The van der Waals surface area contributed by atoms with Gasteiger partial charge in [0.15, 0.2) is 15.6 Å². The third-order valence-corrected chi connectivity index (χ3v) is 7.97. The molecule has 0 aromatic heterocycles. The van der Waals surface area contributed by atoms with Crippen LogP contribution >= 0.6 is 23.2 Å². The van der Waals surface area contributed by atoms with Crippen LogP contribution in [0.4, 0.5) is 0 Å². The van der Waals surface area contributed by atoms with Gasteiger partial charge < -0.3 is 0 Å². The second-order valence-electron chi connectivity index (χ2n) is 5.63. The molecule has 0 aliphatic heterocycles. The molecule has 0 aliphatic rings. The molecule has 0 saturated heterocycles. The van der Waals surface area contributed by atoms with Crippen molar-refractivity contribution in [1.29, 1.82) is 5.26 Å². The Morgan fingerprint density at radius 3 is 1.75 bits per heavy atom. The molecule has 0 amide bonds. The Morgan fingerprint density at radius 2 is 1.36 bits per heavy atom. The number of ketones is 1. The van der Waals surface area contributed by atoms with Crippen LogP contribution in [-0.2, 0) is 24.5 Å². The topological polar surface area (TPSA) is 109 Å². The molecule has 2 aromatic carbocycles. The van der Waals surface area contributed by atoms with E-state index in [1.807, 2.05) is 0 Å². The lowest BCUT2D eigenvalue weighted by atomic mass is 10.3. The molecule has 0 fully saturated rings. The van der Waals surface area contributed by atoms with E-state index < -0.39 is 35.6 Å². The van der Waals surface area contributed by atoms with Crippen LogP contribution in [0.3, 0.4) is 0 Å². The second-order valence-corrected chi connectivity index (χ2v) is 10.5. The Kier molecular flexibility index (Phi) is 6.67. The fourth-order valence-corrected chi connectivity index (χ4v) is 5.34. The Morgan fingerprint density at radius 1 is 0.929 bits per heavy atom. The standard InChI is InChI=1S/C18H13Cl2NO5S2/c1-12(22)18(28(25,26)16-8-4-14(20)5-9-16)10-17(11-21)27(23,24)15-6-2-13(19)3-7-15/h2-10,18H,1H3/b17-10+/t18-/m1/s1. The molecule has 0 aliphatic carbocycles. The largest absolute Gasteiger partial charge is 0.298 e. The summed E-state index contributed by atoms with van der Waals surface area (Å²) >= 11 is 11.5. The van der Waals surface area contributed by atoms with Crippen molar-refractivity contribution in [2.75, 3.05) is 0 Å². The highest BCUT2D eigenvalue weighted by atomic mass is 35.5. The number of Topliss-reactive ketones (excluding diaryl/α,β-unsaturated/α-hetero) is 1. The van der Waals surface area contributed by atoms with Gasteiger partial charge >= 0.3 is 0 Å². The van der Waals surface area contributed by atoms with Gasteiger partial charge in [-0.05, 0) is 61.5 Å². The number of hydrogen-bond acceptors (Lipinski definition) is 6. The van der Waals surface area contributed by atoms with Crippen LogP contribution in [0.2, 0.25) is 10.0 Å². The maximum absolute atomic E-state index is 12.8. The van der Waals surface area contributed by atoms with Gasteiger partial charge in [0, 0.05) is 10.0 Å². The highest BCUT2D eigenvalue weighted by Crippen LogP contribution is 2.25. The third-order valence-electron chi connectivity index (χ3n) is 3.70. The van der Waals surface area contributed by atoms with E-state index in [0.717, 1.165) is 6.92 Å². The van der Waals surface area contributed by atoms with Crippen LogP contribution < -0.4 is 0 Å². The van der Waals surface area contributed by atoms with Gasteiger partial charge in [0.25, 0.3) is 0 Å². The fraction of sp³-hybridized carbons (Fsp3) is 0.111. The molecular weight excluding hydrogens is 445 g/mol. The molecule has 0 radical (unpaired) electrons. The molecule has 1 atom stereocenters. The van der Waals surface area contributed by atoms with Gasteiger partial charge in [-0.2, -0.15) is 5.26 Å². The SMILES string of the molecule is CC(=O)[C@@H](/C=C(\C#N)S(=O)(=O)c1ccc(Cl)cc1)S(=O)(=O)c1ccc(Cl)cc1. The molecular formula is C18H13Cl2NO5S2. The quantitative estimate of drug-likeness (QED) is 0.612. The van der Waals surface area contributed by atoms with Gasteiger partial charge in [0.1, 0.15) is 16.2 Å². The van der Waals surface area contributed by atoms with E-state index in [1.165, 1.54) is 54.6 Å². The van der Waals surface area contributed by atoms with E-state index in [4.69, 9.17) is 23.2 Å². The lowest BCUT2D eigenvalue weighted by Crippen LogP contribution is -2.27. The number of hydrogen-bond donors (Lipinski definition) is 0. The molecule has 28 heavy (non-hydrogen) atoms. The van der Waals surface area contributed by atoms with Crippen LogP contribution in [0.1, 0.15) is 6.92 Å². The van der Waals surface area contributed by atoms with Crippen LogP contribution in [-0.4, -0.2) is 27.9 Å². The van der Waals surface area contributed by atoms with Gasteiger partial charge in [-0.3, -0.25) is 4.79 Å². The average molecular weight is 458 g/mol. The van der Waals surface area contributed by atoms with Crippen LogP contribution in [0.15, 0.2) is 69.3 Å². The monoisotopic (exact) mass is 457 g/mol. The van der Waals surface area contributed by atoms with E-state index in [2.05, 4.69) is 0 Å². The second kappa shape index (κ2) is 8.45. The molecule has 0 heterocycles. The molecule has 2 aromatic rings. The summed E-state index contributed by atoms with van der Waals surface area (Å²) in [5, 5.41) is 8.05. The normalized spacial score (nSPS) is 13.6. The summed E-state index contributed by atoms with van der Waals surface area (Å²) in [6, 6.07) is 11.5. The third kappa shape index (κ3) is 4.62. The van der Waals surface area contributed by atoms with Crippen molar-refractivity contribution in [1.82, 2.24) is 0 Å². The van der Waals surface area contributed by atoms with Crippen LogP contribution in [0.25, 0.3) is 0 Å². The molecule has 6 nitrogen and oxygen atoms in total. The molecule has 0 N–H and O–H groups in total. The Hall–Kier alpha value is -2.18. The van der Waals surface area contributed by atoms with Crippen molar-refractivity contribution in [3.63, 3.8) is 0 Å². The first-order chi connectivity index (χ1) is 13.0. The van der Waals surface area contributed by atoms with E-state index in [1.54, 1.807) is 0 Å². The van der Waals surface area contributed by atoms with E-state index in [-0.39, 0.29) is 19.8 Å². The molecule has 0 unspecified atom stereocenters. The summed E-state index contributed by atoms with van der Waals surface area (Å²) in [6.07, 6.45) is 0.649. The Bertz CT molecular complexity index is 1180. The minimum atomic E-state index is -4.34. The average Bonchev–Trinajstić information content (AvgIpc) is 2.62. The van der Waals surface area contributed by atoms with Gasteiger partial charge in [-0.15, -0.1) is 0 Å². The lowest BCUT2D eigenvalue weighted by Gasteiger charge is -2.12. The van der Waals surface area contributed by atoms with Crippen molar-refractivity contribution < 1.29 is 21.6 Å². The van der Waals surface area contributed by atoms with Gasteiger partial charge in [-0.1, -0.05) is 23.2 Å². The van der Waals surface area contributed by atoms with E-state index in [0.29, 0.717) is 6.08 Å². The van der Waals surface area contributed by atoms with E-state index in [9.17, 15) is 26.9 Å². The molecule has 2 rings (SSSR count). The minimum Gasteiger partial charge on any atom is -0.298 e. The number of allylic oxidation sites excluding steroid dienone is 1. The summed E-state index contributed by atoms with van der Waals surface area (Å²) < 4.78 is 51.0. The minimum absolute atomic E-state index is 0.227. The summed E-state index contributed by atoms with van der Waals surface area (Å²) in [4.78, 5) is 10.7. The number of nitriles is 1. The summed E-state index contributed by atoms with van der Waals surface area (Å²) in [6.45, 7) is 0.999. The number of halogens is 2. The molecule has 10 heteroatoms. The first-order valence-corrected chi connectivity index (χ1v) is 11.4.